The lowest BCUT2D eigenvalue weighted by Gasteiger charge is -2.37. The molecule has 1 aliphatic heterocycles. The van der Waals surface area contributed by atoms with Crippen LogP contribution in [0.5, 0.6) is 0 Å². The van der Waals surface area contributed by atoms with Gasteiger partial charge in [0, 0.05) is 55.7 Å². The van der Waals surface area contributed by atoms with Gasteiger partial charge in [0.2, 0.25) is 5.91 Å². The summed E-state index contributed by atoms with van der Waals surface area (Å²) in [5.74, 6) is -0.454. The molecule has 1 heterocycles. The van der Waals surface area contributed by atoms with Crippen LogP contribution in [-0.4, -0.2) is 73.0 Å². The molecule has 3 rings (SSSR count). The standard InChI is InChI=1S/C25H33N5O3/c1-25(2,3)27-24(33)30-16-14-29(15-17-30)21-12-10-20(11-13-21)26-22(31)18-28(4)23(32)19-8-6-5-7-9-19/h5-13H,14-18H2,1-4H3,(H,26,31)(H,27,33). The van der Waals surface area contributed by atoms with Gasteiger partial charge in [-0.2, -0.15) is 0 Å². The minimum Gasteiger partial charge on any atom is -0.368 e. The van der Waals surface area contributed by atoms with E-state index in [1.54, 1.807) is 31.3 Å². The highest BCUT2D eigenvalue weighted by Crippen LogP contribution is 2.20. The first-order valence-corrected chi connectivity index (χ1v) is 11.1. The quantitative estimate of drug-likeness (QED) is 0.732. The van der Waals surface area contributed by atoms with Crippen LogP contribution in [0.4, 0.5) is 16.2 Å². The summed E-state index contributed by atoms with van der Waals surface area (Å²) >= 11 is 0. The van der Waals surface area contributed by atoms with Crippen molar-refractivity contribution in [3.63, 3.8) is 0 Å². The van der Waals surface area contributed by atoms with Gasteiger partial charge in [-0.05, 0) is 57.2 Å². The van der Waals surface area contributed by atoms with E-state index in [9.17, 15) is 14.4 Å². The van der Waals surface area contributed by atoms with E-state index in [0.717, 1.165) is 18.8 Å². The number of nitrogens with zero attached hydrogens (tertiary/aromatic N) is 3. The minimum atomic E-state index is -0.256. The van der Waals surface area contributed by atoms with Crippen LogP contribution in [0.15, 0.2) is 54.6 Å². The van der Waals surface area contributed by atoms with E-state index in [1.165, 1.54) is 4.90 Å². The second-order valence-electron chi connectivity index (χ2n) is 9.28. The number of benzene rings is 2. The van der Waals surface area contributed by atoms with Crippen LogP contribution >= 0.6 is 0 Å². The first-order valence-electron chi connectivity index (χ1n) is 11.1. The van der Waals surface area contributed by atoms with Crippen molar-refractivity contribution in [3.8, 4) is 0 Å². The molecule has 0 spiro atoms. The smallest absolute Gasteiger partial charge is 0.317 e. The second-order valence-corrected chi connectivity index (χ2v) is 9.28. The molecule has 0 aromatic heterocycles. The summed E-state index contributed by atoms with van der Waals surface area (Å²) in [5.41, 5.74) is 2.01. The third kappa shape index (κ3) is 6.97. The molecule has 176 valence electrons. The maximum Gasteiger partial charge on any atom is 0.317 e. The minimum absolute atomic E-state index is 0.0316. The molecule has 2 aromatic carbocycles. The summed E-state index contributed by atoms with van der Waals surface area (Å²) in [6.07, 6.45) is 0. The highest BCUT2D eigenvalue weighted by atomic mass is 16.2. The molecule has 0 unspecified atom stereocenters. The SMILES string of the molecule is CN(CC(=O)Nc1ccc(N2CCN(C(=O)NC(C)(C)C)CC2)cc1)C(=O)c1ccccc1. The number of urea groups is 1. The topological polar surface area (TPSA) is 85.0 Å². The summed E-state index contributed by atoms with van der Waals surface area (Å²) in [4.78, 5) is 42.6. The molecular weight excluding hydrogens is 418 g/mol. The number of likely N-dealkylation sites (N-methyl/N-ethyl adjacent to an activating group) is 1. The lowest BCUT2D eigenvalue weighted by molar-refractivity contribution is -0.116. The van der Waals surface area contributed by atoms with Crippen molar-refractivity contribution in [1.29, 1.82) is 0 Å². The van der Waals surface area contributed by atoms with Gasteiger partial charge < -0.3 is 25.3 Å². The van der Waals surface area contributed by atoms with E-state index in [4.69, 9.17) is 0 Å². The first kappa shape index (κ1) is 24.1. The molecule has 1 saturated heterocycles. The maximum atomic E-state index is 12.4. The van der Waals surface area contributed by atoms with Crippen LogP contribution in [0.25, 0.3) is 0 Å². The third-order valence-electron chi connectivity index (χ3n) is 5.31. The summed E-state index contributed by atoms with van der Waals surface area (Å²) < 4.78 is 0. The number of hydrogen-bond donors (Lipinski definition) is 2. The zero-order valence-electron chi connectivity index (χ0n) is 19.8. The molecule has 0 atom stereocenters. The van der Waals surface area contributed by atoms with Crippen molar-refractivity contribution in [3.05, 3.63) is 60.2 Å². The first-order chi connectivity index (χ1) is 15.6. The van der Waals surface area contributed by atoms with Crippen molar-refractivity contribution in [1.82, 2.24) is 15.1 Å². The summed E-state index contributed by atoms with van der Waals surface area (Å²) in [5, 5.41) is 5.84. The number of piperazine rings is 1. The number of hydrogen-bond acceptors (Lipinski definition) is 4. The zero-order chi connectivity index (χ0) is 24.0. The Balaban J connectivity index is 1.48. The van der Waals surface area contributed by atoms with Gasteiger partial charge in [0.1, 0.15) is 0 Å². The van der Waals surface area contributed by atoms with Gasteiger partial charge in [-0.1, -0.05) is 18.2 Å². The van der Waals surface area contributed by atoms with Crippen LogP contribution < -0.4 is 15.5 Å². The Labute approximate surface area is 195 Å². The van der Waals surface area contributed by atoms with E-state index < -0.39 is 0 Å². The lowest BCUT2D eigenvalue weighted by Crippen LogP contribution is -2.55. The van der Waals surface area contributed by atoms with Crippen molar-refractivity contribution in [2.75, 3.05) is 50.0 Å². The fourth-order valence-corrected chi connectivity index (χ4v) is 3.61. The van der Waals surface area contributed by atoms with Gasteiger partial charge in [-0.15, -0.1) is 0 Å². The van der Waals surface area contributed by atoms with Gasteiger partial charge in [0.25, 0.3) is 5.91 Å². The number of carbonyl (C=O) groups is 3. The number of nitrogens with one attached hydrogen (secondary N) is 2. The molecule has 8 nitrogen and oxygen atoms in total. The Bertz CT molecular complexity index is 962. The molecule has 1 aliphatic rings. The number of amides is 4. The normalized spacial score (nSPS) is 13.9. The molecular formula is C25H33N5O3. The van der Waals surface area contributed by atoms with Crippen molar-refractivity contribution < 1.29 is 14.4 Å². The third-order valence-corrected chi connectivity index (χ3v) is 5.31. The van der Waals surface area contributed by atoms with Gasteiger partial charge >= 0.3 is 6.03 Å². The molecule has 33 heavy (non-hydrogen) atoms. The van der Waals surface area contributed by atoms with Gasteiger partial charge in [0.05, 0.1) is 6.54 Å². The van der Waals surface area contributed by atoms with Crippen LogP contribution in [0.3, 0.4) is 0 Å². The average Bonchev–Trinajstić information content (AvgIpc) is 2.78. The van der Waals surface area contributed by atoms with E-state index in [2.05, 4.69) is 15.5 Å². The van der Waals surface area contributed by atoms with Crippen molar-refractivity contribution in [2.45, 2.75) is 26.3 Å². The van der Waals surface area contributed by atoms with E-state index in [0.29, 0.717) is 24.3 Å². The predicted molar refractivity (Wildman–Crippen MR) is 131 cm³/mol. The largest absolute Gasteiger partial charge is 0.368 e. The van der Waals surface area contributed by atoms with Gasteiger partial charge in [0.15, 0.2) is 0 Å². The van der Waals surface area contributed by atoms with Crippen LogP contribution in [0.1, 0.15) is 31.1 Å². The Morgan fingerprint density at radius 3 is 2.09 bits per heavy atom. The molecule has 0 saturated carbocycles. The number of carbonyl (C=O) groups excluding carboxylic acids is 3. The fourth-order valence-electron chi connectivity index (χ4n) is 3.61. The Hall–Kier alpha value is -3.55. The van der Waals surface area contributed by atoms with Crippen LogP contribution in [0, 0.1) is 0 Å². The molecule has 4 amide bonds. The molecule has 0 aliphatic carbocycles. The molecule has 1 fully saturated rings. The van der Waals surface area contributed by atoms with Crippen LogP contribution in [0.2, 0.25) is 0 Å². The molecule has 0 radical (unpaired) electrons. The highest BCUT2D eigenvalue weighted by Gasteiger charge is 2.24. The highest BCUT2D eigenvalue weighted by molar-refractivity contribution is 5.99. The summed E-state index contributed by atoms with van der Waals surface area (Å²) in [6, 6.07) is 16.5. The molecule has 0 bridgehead atoms. The number of anilines is 2. The fraction of sp³-hybridized carbons (Fsp3) is 0.400. The van der Waals surface area contributed by atoms with Gasteiger partial charge in [-0.25, -0.2) is 4.79 Å². The second kappa shape index (κ2) is 10.4. The number of rotatable bonds is 5. The van der Waals surface area contributed by atoms with Crippen LogP contribution in [-0.2, 0) is 4.79 Å². The maximum absolute atomic E-state index is 12.4. The zero-order valence-corrected chi connectivity index (χ0v) is 19.8. The Kier molecular flexibility index (Phi) is 7.58. The molecule has 2 aromatic rings. The molecule has 2 N–H and O–H groups in total. The lowest BCUT2D eigenvalue weighted by atomic mass is 10.1. The van der Waals surface area contributed by atoms with E-state index in [1.807, 2.05) is 56.0 Å². The Morgan fingerprint density at radius 1 is 0.909 bits per heavy atom. The average molecular weight is 452 g/mol. The Morgan fingerprint density at radius 2 is 1.52 bits per heavy atom. The summed E-state index contributed by atoms with van der Waals surface area (Å²) in [7, 11) is 1.61. The van der Waals surface area contributed by atoms with Crippen molar-refractivity contribution in [2.24, 2.45) is 0 Å². The van der Waals surface area contributed by atoms with Gasteiger partial charge in [-0.3, -0.25) is 9.59 Å². The summed E-state index contributed by atoms with van der Waals surface area (Å²) in [6.45, 7) is 8.69. The van der Waals surface area contributed by atoms with E-state index >= 15 is 0 Å². The van der Waals surface area contributed by atoms with E-state index in [-0.39, 0.29) is 29.9 Å². The molecule has 8 heteroatoms. The monoisotopic (exact) mass is 451 g/mol. The predicted octanol–water partition coefficient (Wildman–Crippen LogP) is 3.03. The van der Waals surface area contributed by atoms with Crippen molar-refractivity contribution >= 4 is 29.2 Å².